The fourth-order valence-corrected chi connectivity index (χ4v) is 1.75. The molecule has 0 aromatic carbocycles. The second-order valence-corrected chi connectivity index (χ2v) is 5.58. The van der Waals surface area contributed by atoms with Crippen molar-refractivity contribution in [1.29, 1.82) is 0 Å². The van der Waals surface area contributed by atoms with Crippen LogP contribution in [0.4, 0.5) is 0 Å². The molecule has 2 N–H and O–H groups in total. The molecule has 0 bridgehead atoms. The molecule has 1 aliphatic carbocycles. The van der Waals surface area contributed by atoms with Gasteiger partial charge in [-0.2, -0.15) is 0 Å². The predicted octanol–water partition coefficient (Wildman–Crippen LogP) is 1.45. The van der Waals surface area contributed by atoms with Crippen molar-refractivity contribution in [2.24, 2.45) is 5.41 Å². The van der Waals surface area contributed by atoms with Crippen molar-refractivity contribution in [3.05, 3.63) is 0 Å². The minimum Gasteiger partial charge on any atom is -0.394 e. The van der Waals surface area contributed by atoms with Crippen LogP contribution in [-0.2, 0) is 4.79 Å². The van der Waals surface area contributed by atoms with Crippen molar-refractivity contribution in [3.8, 4) is 0 Å². The summed E-state index contributed by atoms with van der Waals surface area (Å²) in [6, 6.07) is 0. The maximum atomic E-state index is 11.6. The van der Waals surface area contributed by atoms with Gasteiger partial charge >= 0.3 is 0 Å². The first-order chi connectivity index (χ1) is 6.37. The molecule has 1 amide bonds. The van der Waals surface area contributed by atoms with Crippen LogP contribution in [0.5, 0.6) is 0 Å². The molecule has 0 unspecified atom stereocenters. The van der Waals surface area contributed by atoms with Gasteiger partial charge in [-0.15, -0.1) is 0 Å². The Morgan fingerprint density at radius 3 is 2.29 bits per heavy atom. The topological polar surface area (TPSA) is 49.3 Å². The number of carbonyl (C=O) groups is 1. The summed E-state index contributed by atoms with van der Waals surface area (Å²) >= 11 is 0. The van der Waals surface area contributed by atoms with Gasteiger partial charge in [0.15, 0.2) is 0 Å². The van der Waals surface area contributed by atoms with E-state index in [-0.39, 0.29) is 23.5 Å². The highest BCUT2D eigenvalue weighted by Gasteiger charge is 2.38. The number of aliphatic hydroxyl groups excluding tert-OH is 1. The summed E-state index contributed by atoms with van der Waals surface area (Å²) in [6.45, 7) is 6.19. The van der Waals surface area contributed by atoms with E-state index in [9.17, 15) is 4.79 Å². The highest BCUT2D eigenvalue weighted by atomic mass is 16.3. The van der Waals surface area contributed by atoms with Crippen LogP contribution in [-0.4, -0.2) is 23.2 Å². The second-order valence-electron chi connectivity index (χ2n) is 5.58. The van der Waals surface area contributed by atoms with Crippen LogP contribution in [0.2, 0.25) is 0 Å². The first-order valence-electron chi connectivity index (χ1n) is 5.29. The molecular formula is C11H21NO2. The Morgan fingerprint density at radius 2 is 2.00 bits per heavy atom. The minimum absolute atomic E-state index is 0.0183. The summed E-state index contributed by atoms with van der Waals surface area (Å²) in [5.74, 6) is 0.0613. The Kier molecular flexibility index (Phi) is 3.20. The first kappa shape index (κ1) is 11.5. The molecule has 0 aromatic heterocycles. The Hall–Kier alpha value is -0.570. The Morgan fingerprint density at radius 1 is 1.43 bits per heavy atom. The lowest BCUT2D eigenvalue weighted by Crippen LogP contribution is -2.56. The maximum absolute atomic E-state index is 11.6. The van der Waals surface area contributed by atoms with Crippen molar-refractivity contribution in [2.45, 2.75) is 52.0 Å². The lowest BCUT2D eigenvalue weighted by atomic mass is 9.77. The van der Waals surface area contributed by atoms with Crippen molar-refractivity contribution in [2.75, 3.05) is 6.61 Å². The van der Waals surface area contributed by atoms with Crippen LogP contribution in [0.15, 0.2) is 0 Å². The smallest absolute Gasteiger partial charge is 0.221 e. The zero-order chi connectivity index (χ0) is 10.8. The van der Waals surface area contributed by atoms with Gasteiger partial charge in [0.25, 0.3) is 0 Å². The molecule has 1 rings (SSSR count). The van der Waals surface area contributed by atoms with Crippen LogP contribution in [0.25, 0.3) is 0 Å². The summed E-state index contributed by atoms with van der Waals surface area (Å²) in [4.78, 5) is 11.6. The fourth-order valence-electron chi connectivity index (χ4n) is 1.75. The number of aliphatic hydroxyl groups is 1. The fraction of sp³-hybridized carbons (Fsp3) is 0.909. The van der Waals surface area contributed by atoms with Gasteiger partial charge in [-0.3, -0.25) is 4.79 Å². The molecule has 0 atom stereocenters. The molecule has 0 saturated heterocycles. The molecule has 3 heteroatoms. The maximum Gasteiger partial charge on any atom is 0.221 e. The van der Waals surface area contributed by atoms with Crippen molar-refractivity contribution in [1.82, 2.24) is 5.32 Å². The second kappa shape index (κ2) is 3.89. The summed E-state index contributed by atoms with van der Waals surface area (Å²) in [6.07, 6.45) is 3.46. The number of rotatable bonds is 3. The normalized spacial score (nSPS) is 20.0. The quantitative estimate of drug-likeness (QED) is 0.723. The molecule has 0 spiro atoms. The summed E-state index contributed by atoms with van der Waals surface area (Å²) in [5, 5.41) is 12.1. The molecule has 0 aliphatic heterocycles. The molecular weight excluding hydrogens is 178 g/mol. The van der Waals surface area contributed by atoms with Gasteiger partial charge in [-0.1, -0.05) is 20.8 Å². The number of amides is 1. The Bertz CT molecular complexity index is 208. The van der Waals surface area contributed by atoms with E-state index in [1.807, 2.05) is 20.8 Å². The molecule has 14 heavy (non-hydrogen) atoms. The van der Waals surface area contributed by atoms with E-state index < -0.39 is 0 Å². The zero-order valence-electron chi connectivity index (χ0n) is 9.39. The lowest BCUT2D eigenvalue weighted by Gasteiger charge is -2.41. The van der Waals surface area contributed by atoms with E-state index in [1.165, 1.54) is 0 Å². The summed E-state index contributed by atoms with van der Waals surface area (Å²) in [7, 11) is 0. The van der Waals surface area contributed by atoms with Crippen LogP contribution in [0, 0.1) is 5.41 Å². The SMILES string of the molecule is CC(C)(C)CC(=O)NC1(CO)CCC1. The molecule has 82 valence electrons. The minimum atomic E-state index is -0.289. The number of carbonyl (C=O) groups excluding carboxylic acids is 1. The van der Waals surface area contributed by atoms with Gasteiger partial charge < -0.3 is 10.4 Å². The highest BCUT2D eigenvalue weighted by Crippen LogP contribution is 2.31. The zero-order valence-corrected chi connectivity index (χ0v) is 9.39. The summed E-state index contributed by atoms with van der Waals surface area (Å²) in [5.41, 5.74) is -0.271. The van der Waals surface area contributed by atoms with Gasteiger partial charge in [0, 0.05) is 6.42 Å². The Labute approximate surface area is 85.9 Å². The molecule has 1 fully saturated rings. The monoisotopic (exact) mass is 199 g/mol. The van der Waals surface area contributed by atoms with E-state index in [1.54, 1.807) is 0 Å². The van der Waals surface area contributed by atoms with Gasteiger partial charge in [0.2, 0.25) is 5.91 Å². The highest BCUT2D eigenvalue weighted by molar-refractivity contribution is 5.77. The van der Waals surface area contributed by atoms with Crippen molar-refractivity contribution >= 4 is 5.91 Å². The molecule has 3 nitrogen and oxygen atoms in total. The standard InChI is InChI=1S/C11H21NO2/c1-10(2,3)7-9(14)12-11(8-13)5-4-6-11/h13H,4-8H2,1-3H3,(H,12,14). The molecule has 1 aliphatic rings. The van der Waals surface area contributed by atoms with E-state index in [0.717, 1.165) is 19.3 Å². The average Bonchev–Trinajstić information content (AvgIpc) is 1.93. The third-order valence-electron chi connectivity index (χ3n) is 2.71. The van der Waals surface area contributed by atoms with E-state index in [0.29, 0.717) is 6.42 Å². The van der Waals surface area contributed by atoms with Crippen LogP contribution in [0.1, 0.15) is 46.5 Å². The van der Waals surface area contributed by atoms with E-state index in [4.69, 9.17) is 5.11 Å². The van der Waals surface area contributed by atoms with Crippen LogP contribution in [0.3, 0.4) is 0 Å². The molecule has 0 radical (unpaired) electrons. The molecule has 1 saturated carbocycles. The van der Waals surface area contributed by atoms with Crippen molar-refractivity contribution < 1.29 is 9.90 Å². The number of hydrogen-bond acceptors (Lipinski definition) is 2. The molecule has 0 aromatic rings. The largest absolute Gasteiger partial charge is 0.394 e. The van der Waals surface area contributed by atoms with Gasteiger partial charge in [-0.05, 0) is 24.7 Å². The van der Waals surface area contributed by atoms with Crippen LogP contribution < -0.4 is 5.32 Å². The number of nitrogens with one attached hydrogen (secondary N) is 1. The third kappa shape index (κ3) is 2.98. The van der Waals surface area contributed by atoms with E-state index in [2.05, 4.69) is 5.32 Å². The van der Waals surface area contributed by atoms with E-state index >= 15 is 0 Å². The van der Waals surface area contributed by atoms with Crippen molar-refractivity contribution in [3.63, 3.8) is 0 Å². The van der Waals surface area contributed by atoms with Crippen LogP contribution >= 0.6 is 0 Å². The van der Waals surface area contributed by atoms with Gasteiger partial charge in [0.05, 0.1) is 12.1 Å². The first-order valence-corrected chi connectivity index (χ1v) is 5.29. The number of hydrogen-bond donors (Lipinski definition) is 2. The lowest BCUT2D eigenvalue weighted by molar-refractivity contribution is -0.126. The average molecular weight is 199 g/mol. The predicted molar refractivity (Wildman–Crippen MR) is 55.9 cm³/mol. The Balaban J connectivity index is 2.40. The third-order valence-corrected chi connectivity index (χ3v) is 2.71. The van der Waals surface area contributed by atoms with Gasteiger partial charge in [-0.25, -0.2) is 0 Å². The summed E-state index contributed by atoms with van der Waals surface area (Å²) < 4.78 is 0. The van der Waals surface area contributed by atoms with Gasteiger partial charge in [0.1, 0.15) is 0 Å². The molecule has 0 heterocycles.